The zero-order valence-corrected chi connectivity index (χ0v) is 37.4. The van der Waals surface area contributed by atoms with Gasteiger partial charge in [0.1, 0.15) is 35.3 Å². The van der Waals surface area contributed by atoms with Crippen molar-refractivity contribution in [2.24, 2.45) is 23.7 Å². The van der Waals surface area contributed by atoms with E-state index in [1.165, 1.54) is 6.07 Å². The fourth-order valence-electron chi connectivity index (χ4n) is 9.71. The Morgan fingerprint density at radius 3 is 2.38 bits per heavy atom. The largest absolute Gasteiger partial charge is 0.458 e. The molecule has 5 heterocycles. The second kappa shape index (κ2) is 18.1. The molecule has 1 aromatic heterocycles. The number of Topliss-reactive ketones (excluding diaryl/α,β-unsaturated/α-hetero) is 1. The van der Waals surface area contributed by atoms with Crippen LogP contribution in [-0.2, 0) is 48.0 Å². The number of para-hydroxylation sites is 1. The van der Waals surface area contributed by atoms with Crippen molar-refractivity contribution < 1.29 is 65.5 Å². The lowest BCUT2D eigenvalue weighted by atomic mass is 9.73. The van der Waals surface area contributed by atoms with E-state index in [1.807, 2.05) is 25.9 Å². The average molecular weight is 879 g/mol. The highest BCUT2D eigenvalue weighted by Crippen LogP contribution is 2.42. The number of hydrogen-bond donors (Lipinski definition) is 4. The Morgan fingerprint density at radius 1 is 1.00 bits per heavy atom. The third kappa shape index (κ3) is 9.57. The summed E-state index contributed by atoms with van der Waals surface area (Å²) in [7, 11) is -0.685. The highest BCUT2D eigenvalue weighted by molar-refractivity contribution is 7.89. The molecular weight excluding hydrogens is 817 g/mol. The Kier molecular flexibility index (Phi) is 13.8. The maximum absolute atomic E-state index is 14.5. The molecule has 0 spiro atoms. The van der Waals surface area contributed by atoms with E-state index in [0.717, 1.165) is 0 Å². The summed E-state index contributed by atoms with van der Waals surface area (Å²) >= 11 is 0. The van der Waals surface area contributed by atoms with Crippen molar-refractivity contribution in [3.05, 3.63) is 30.3 Å². The third-order valence-corrected chi connectivity index (χ3v) is 14.3. The molecule has 0 radical (unpaired) electrons. The van der Waals surface area contributed by atoms with E-state index in [-0.39, 0.29) is 49.0 Å². The van der Waals surface area contributed by atoms with Gasteiger partial charge in [0.15, 0.2) is 11.9 Å². The molecule has 4 N–H and O–H groups in total. The molecular formula is C42H62N4O14S. The van der Waals surface area contributed by atoms with Gasteiger partial charge in [-0.05, 0) is 67.1 Å². The van der Waals surface area contributed by atoms with E-state index >= 15 is 0 Å². The Labute approximate surface area is 357 Å². The number of nitrogens with zero attached hydrogens (tertiary/aromatic N) is 1. The summed E-state index contributed by atoms with van der Waals surface area (Å²) in [6.07, 6.45) is -7.32. The van der Waals surface area contributed by atoms with Crippen molar-refractivity contribution in [2.45, 2.75) is 146 Å². The lowest BCUT2D eigenvalue weighted by Gasteiger charge is -2.48. The summed E-state index contributed by atoms with van der Waals surface area (Å²) in [6, 6.07) is 5.76. The lowest BCUT2D eigenvalue weighted by Crippen LogP contribution is -2.61. The Balaban J connectivity index is 1.45. The van der Waals surface area contributed by atoms with Crippen molar-refractivity contribution in [2.75, 3.05) is 27.2 Å². The number of ketones is 1. The fraction of sp³-hybridized carbons (Fsp3) is 0.714. The number of sulfonamides is 1. The second-order valence-electron chi connectivity index (χ2n) is 17.9. The number of rotatable bonds is 7. The van der Waals surface area contributed by atoms with E-state index in [9.17, 15) is 32.7 Å². The molecule has 340 valence electrons. The Bertz CT molecular complexity index is 2010. The minimum atomic E-state index is -4.35. The second-order valence-corrected chi connectivity index (χ2v) is 19.5. The van der Waals surface area contributed by atoms with Crippen LogP contribution >= 0.6 is 0 Å². The van der Waals surface area contributed by atoms with Gasteiger partial charge in [0.25, 0.3) is 10.0 Å². The number of fused-ring (bicyclic) bond motifs is 5. The molecule has 61 heavy (non-hydrogen) atoms. The van der Waals surface area contributed by atoms with E-state index in [0.29, 0.717) is 17.4 Å². The van der Waals surface area contributed by atoms with Crippen molar-refractivity contribution in [1.29, 1.82) is 0 Å². The number of nitrogens with one attached hydrogen (secondary N) is 3. The predicted molar refractivity (Wildman–Crippen MR) is 219 cm³/mol. The maximum atomic E-state index is 14.5. The highest BCUT2D eigenvalue weighted by Gasteiger charge is 2.58. The number of furan rings is 1. The number of cyclic esters (lactones) is 1. The van der Waals surface area contributed by atoms with Crippen molar-refractivity contribution in [1.82, 2.24) is 20.3 Å². The van der Waals surface area contributed by atoms with Gasteiger partial charge in [-0.15, -0.1) is 0 Å². The average Bonchev–Trinajstić information content (AvgIpc) is 3.78. The van der Waals surface area contributed by atoms with Gasteiger partial charge in [0.2, 0.25) is 5.09 Å². The quantitative estimate of drug-likeness (QED) is 0.231. The number of aliphatic hydroxyl groups excluding tert-OH is 1. The van der Waals surface area contributed by atoms with Crippen LogP contribution in [-0.4, -0.2) is 136 Å². The van der Waals surface area contributed by atoms with Crippen LogP contribution in [0.4, 0.5) is 9.59 Å². The van der Waals surface area contributed by atoms with Crippen molar-refractivity contribution >= 4 is 44.9 Å². The zero-order chi connectivity index (χ0) is 44.8. The first-order valence-corrected chi connectivity index (χ1v) is 22.5. The maximum Gasteiger partial charge on any atom is 0.408 e. The summed E-state index contributed by atoms with van der Waals surface area (Å²) in [5, 5.41) is 17.3. The van der Waals surface area contributed by atoms with Crippen LogP contribution in [0.1, 0.15) is 74.7 Å². The van der Waals surface area contributed by atoms with Crippen LogP contribution in [0.15, 0.2) is 39.8 Å². The fourth-order valence-corrected chi connectivity index (χ4v) is 10.9. The summed E-state index contributed by atoms with van der Waals surface area (Å²) < 4.78 is 73.8. The number of amides is 2. The van der Waals surface area contributed by atoms with E-state index < -0.39 is 106 Å². The number of ether oxygens (including phenoxy) is 6. The monoisotopic (exact) mass is 878 g/mol. The number of likely N-dealkylation sites (N-methyl/N-ethyl adjacent to an activating group) is 1. The van der Waals surface area contributed by atoms with Crippen LogP contribution in [0.3, 0.4) is 0 Å². The number of aliphatic hydroxyl groups is 1. The SMILES string of the molecule is CC[C@H]1OC(=O)[C@H](C)[C@H]2OCC(NS(=O)(=O)c3cc4ccccc4o3)CNC(=O)O[C@](C)(C[C@@H](C)C(=O)[C@H](C)[C@@H]3NC(=O)O[C@]13C)[C@H](O[C@@H]1O[C@H](C)C[C@H](N(C)C)[C@H]1O)[C@H]2C. The summed E-state index contributed by atoms with van der Waals surface area (Å²) in [4.78, 5) is 57.7. The first kappa shape index (κ1) is 46.6. The van der Waals surface area contributed by atoms with Gasteiger partial charge in [-0.1, -0.05) is 45.9 Å². The Hall–Kier alpha value is -3.85. The number of esters is 1. The van der Waals surface area contributed by atoms with Crippen molar-refractivity contribution in [3.63, 3.8) is 0 Å². The van der Waals surface area contributed by atoms with Crippen LogP contribution in [0, 0.1) is 23.7 Å². The van der Waals surface area contributed by atoms with Crippen LogP contribution in [0.25, 0.3) is 11.0 Å². The molecule has 6 rings (SSSR count). The topological polar surface area (TPSA) is 230 Å². The predicted octanol–water partition coefficient (Wildman–Crippen LogP) is 3.48. The Morgan fingerprint density at radius 2 is 1.70 bits per heavy atom. The summed E-state index contributed by atoms with van der Waals surface area (Å²) in [5.41, 5.74) is -2.80. The van der Waals surface area contributed by atoms with E-state index in [4.69, 9.17) is 32.8 Å². The molecule has 4 aliphatic heterocycles. The van der Waals surface area contributed by atoms with Crippen molar-refractivity contribution in [3.8, 4) is 0 Å². The molecule has 19 heteroatoms. The lowest BCUT2D eigenvalue weighted by molar-refractivity contribution is -0.299. The van der Waals surface area contributed by atoms with E-state index in [1.54, 1.807) is 72.7 Å². The first-order valence-electron chi connectivity index (χ1n) is 21.1. The molecule has 0 aliphatic carbocycles. The van der Waals surface area contributed by atoms with Crippen LogP contribution in [0.2, 0.25) is 0 Å². The minimum Gasteiger partial charge on any atom is -0.458 e. The number of carbonyl (C=O) groups excluding carboxylic acids is 4. The minimum absolute atomic E-state index is 0.128. The summed E-state index contributed by atoms with van der Waals surface area (Å²) in [6.45, 7) is 12.8. The van der Waals surface area contributed by atoms with Gasteiger partial charge < -0.3 is 53.5 Å². The van der Waals surface area contributed by atoms with Gasteiger partial charge >= 0.3 is 18.2 Å². The smallest absolute Gasteiger partial charge is 0.408 e. The third-order valence-electron chi connectivity index (χ3n) is 12.9. The van der Waals surface area contributed by atoms with Gasteiger partial charge in [-0.2, -0.15) is 0 Å². The van der Waals surface area contributed by atoms with Gasteiger partial charge in [0, 0.05) is 41.8 Å². The number of benzene rings is 1. The van der Waals surface area contributed by atoms with Gasteiger partial charge in [-0.3, -0.25) is 9.59 Å². The molecule has 2 amide bonds. The standard InChI is InChI=1S/C42H62N4O14S/c1-11-30-42(8)35(44-40(51)60-42)23(4)32(47)21(2)18-41(7)36(58-38-33(48)28(46(9)10)16-22(3)55-38)24(5)34(25(6)37(49)57-30)54-20-27(19-43-39(50)59-41)45-61(52,53)31-17-26-14-12-13-15-29(26)56-31/h12-15,17,21-25,27-28,30,33-36,38,45,48H,11,16,18-20H2,1-10H3,(H,43,50)(H,44,51)/t21-,22-,23+,24+,25-,27?,28+,30-,33-,34+,35+,36-,38+,41-,42-/m1/s1. The molecule has 2 aromatic rings. The normalized spacial score (nSPS) is 39.6. The first-order chi connectivity index (χ1) is 28.6. The van der Waals surface area contributed by atoms with E-state index in [2.05, 4.69) is 15.4 Å². The molecule has 4 fully saturated rings. The molecule has 1 unspecified atom stereocenters. The molecule has 1 aromatic carbocycles. The summed E-state index contributed by atoms with van der Waals surface area (Å²) in [5.74, 6) is -4.76. The number of hydrogen-bond acceptors (Lipinski definition) is 15. The molecule has 18 nitrogen and oxygen atoms in total. The molecule has 0 saturated carbocycles. The number of alkyl carbamates (subject to hydrolysis) is 2. The molecule has 15 atom stereocenters. The van der Waals surface area contributed by atoms with Gasteiger partial charge in [-0.25, -0.2) is 22.7 Å². The van der Waals surface area contributed by atoms with Crippen LogP contribution in [0.5, 0.6) is 0 Å². The number of carbonyl (C=O) groups is 4. The molecule has 4 aliphatic rings. The zero-order valence-electron chi connectivity index (χ0n) is 36.5. The highest BCUT2D eigenvalue weighted by atomic mass is 32.2. The molecule has 2 bridgehead atoms. The van der Waals surface area contributed by atoms with Crippen LogP contribution < -0.4 is 15.4 Å². The molecule has 4 saturated heterocycles. The van der Waals surface area contributed by atoms with Gasteiger partial charge in [0.05, 0.1) is 36.8 Å².